The average molecular weight is 414 g/mol. The molecule has 1 aromatic rings. The van der Waals surface area contributed by atoms with E-state index in [1.165, 1.54) is 24.3 Å². The fourth-order valence-electron chi connectivity index (χ4n) is 3.01. The van der Waals surface area contributed by atoms with E-state index in [1.807, 2.05) is 16.9 Å². The number of benzene rings is 1. The molecule has 27 heavy (non-hydrogen) atoms. The number of hydrogen-bond donors (Lipinski definition) is 3. The van der Waals surface area contributed by atoms with Crippen LogP contribution in [0.5, 0.6) is 0 Å². The van der Waals surface area contributed by atoms with Crippen molar-refractivity contribution in [2.45, 2.75) is 42.5 Å². The zero-order valence-corrected chi connectivity index (χ0v) is 16.4. The lowest BCUT2D eigenvalue weighted by Crippen LogP contribution is -2.46. The number of nitrogens with one attached hydrogen (secondary N) is 2. The van der Waals surface area contributed by atoms with Gasteiger partial charge in [0, 0.05) is 18.0 Å². The van der Waals surface area contributed by atoms with Crippen molar-refractivity contribution >= 4 is 34.2 Å². The zero-order valence-electron chi connectivity index (χ0n) is 14.8. The smallest absolute Gasteiger partial charge is 0.264 e. The Kier molecular flexibility index (Phi) is 6.67. The Bertz CT molecular complexity index is 856. The van der Waals surface area contributed by atoms with Crippen LogP contribution in [0.3, 0.4) is 0 Å². The van der Waals surface area contributed by atoms with Crippen molar-refractivity contribution < 1.29 is 18.0 Å². The van der Waals surface area contributed by atoms with Gasteiger partial charge in [0.05, 0.1) is 4.90 Å². The summed E-state index contributed by atoms with van der Waals surface area (Å²) in [4.78, 5) is 24.4. The third-order valence-corrected chi connectivity index (χ3v) is 6.15. The van der Waals surface area contributed by atoms with E-state index in [0.717, 1.165) is 25.7 Å². The molecule has 2 bridgehead atoms. The maximum Gasteiger partial charge on any atom is 0.264 e. The highest BCUT2D eigenvalue weighted by atomic mass is 35.5. The van der Waals surface area contributed by atoms with Gasteiger partial charge in [0.15, 0.2) is 0 Å². The largest absolute Gasteiger partial charge is 0.352 e. The van der Waals surface area contributed by atoms with E-state index >= 15 is 0 Å². The molecular weight excluding hydrogens is 390 g/mol. The maximum absolute atomic E-state index is 12.5. The van der Waals surface area contributed by atoms with Crippen LogP contribution in [0.1, 0.15) is 42.5 Å². The quantitative estimate of drug-likeness (QED) is 0.557. The second-order valence-electron chi connectivity index (χ2n) is 6.85. The summed E-state index contributed by atoms with van der Waals surface area (Å²) < 4.78 is 27.0. The molecule has 1 unspecified atom stereocenters. The number of halogens is 1. The molecule has 3 rings (SSSR count). The first kappa shape index (κ1) is 21.4. The highest BCUT2D eigenvalue weighted by Crippen LogP contribution is 2.42. The van der Waals surface area contributed by atoms with Crippen LogP contribution in [0.2, 0.25) is 0 Å². The Morgan fingerprint density at radius 3 is 2.70 bits per heavy atom. The number of sulfonamides is 1. The molecule has 148 valence electrons. The summed E-state index contributed by atoms with van der Waals surface area (Å²) in [5.74, 6) is -1.20. The molecule has 1 aliphatic heterocycles. The average Bonchev–Trinajstić information content (AvgIpc) is 3.28. The molecule has 9 heteroatoms. The van der Waals surface area contributed by atoms with Crippen molar-refractivity contribution in [2.24, 2.45) is 11.7 Å². The summed E-state index contributed by atoms with van der Waals surface area (Å²) in [5, 5.41) is 2.78. The fourth-order valence-corrected chi connectivity index (χ4v) is 4.11. The van der Waals surface area contributed by atoms with Crippen molar-refractivity contribution in [1.82, 2.24) is 10.0 Å². The predicted molar refractivity (Wildman–Crippen MR) is 104 cm³/mol. The second-order valence-corrected chi connectivity index (χ2v) is 8.53. The number of hydrogen-bond acceptors (Lipinski definition) is 5. The molecule has 0 radical (unpaired) electrons. The molecule has 2 amide bonds. The van der Waals surface area contributed by atoms with Gasteiger partial charge in [0.1, 0.15) is 5.54 Å². The van der Waals surface area contributed by atoms with Crippen LogP contribution in [-0.2, 0) is 14.8 Å². The molecule has 7 nitrogen and oxygen atoms in total. The van der Waals surface area contributed by atoms with Crippen molar-refractivity contribution in [1.29, 1.82) is 0 Å². The number of carbonyl (C=O) groups is 2. The summed E-state index contributed by atoms with van der Waals surface area (Å²) in [7, 11) is -4.09. The van der Waals surface area contributed by atoms with Gasteiger partial charge in [-0.3, -0.25) is 9.59 Å². The van der Waals surface area contributed by atoms with Gasteiger partial charge in [-0.25, -0.2) is 13.1 Å². The summed E-state index contributed by atoms with van der Waals surface area (Å²) in [6, 6.07) is 5.61. The minimum atomic E-state index is -4.09. The number of allylic oxidation sites excluding steroid dienone is 1. The van der Waals surface area contributed by atoms with Crippen molar-refractivity contribution in [2.75, 3.05) is 6.54 Å². The molecule has 1 saturated carbocycles. The monoisotopic (exact) mass is 413 g/mol. The molecule has 1 aliphatic carbocycles. The van der Waals surface area contributed by atoms with Crippen LogP contribution >= 0.6 is 12.4 Å². The first-order valence-corrected chi connectivity index (χ1v) is 10.2. The van der Waals surface area contributed by atoms with Gasteiger partial charge < -0.3 is 11.1 Å². The lowest BCUT2D eigenvalue weighted by atomic mass is 10.1. The summed E-state index contributed by atoms with van der Waals surface area (Å²) in [5.41, 5.74) is 5.10. The Morgan fingerprint density at radius 1 is 1.15 bits per heavy atom. The molecule has 1 heterocycles. The SMILES string of the molecule is Cl.N[C@]12CC1C=CCCCCCNC(=O)c1cccc(c1)S(=O)(=O)NC2=O. The number of fused-ring (bicyclic) bond motifs is 3. The third-order valence-electron chi connectivity index (χ3n) is 4.82. The predicted octanol–water partition coefficient (Wildman–Crippen LogP) is 1.49. The third kappa shape index (κ3) is 4.88. The summed E-state index contributed by atoms with van der Waals surface area (Å²) in [6.07, 6.45) is 7.97. The maximum atomic E-state index is 12.5. The van der Waals surface area contributed by atoms with Gasteiger partial charge in [-0.2, -0.15) is 0 Å². The molecule has 0 saturated heterocycles. The van der Waals surface area contributed by atoms with Crippen LogP contribution in [0.15, 0.2) is 41.3 Å². The molecule has 2 atom stereocenters. The molecule has 1 aromatic carbocycles. The molecule has 4 N–H and O–H groups in total. The van der Waals surface area contributed by atoms with Crippen molar-refractivity contribution in [3.63, 3.8) is 0 Å². The summed E-state index contributed by atoms with van der Waals surface area (Å²) >= 11 is 0. The second kappa shape index (κ2) is 8.41. The van der Waals surface area contributed by atoms with Gasteiger partial charge >= 0.3 is 0 Å². The van der Waals surface area contributed by atoms with E-state index in [1.54, 1.807) is 0 Å². The topological polar surface area (TPSA) is 118 Å². The van der Waals surface area contributed by atoms with Crippen molar-refractivity contribution in [3.8, 4) is 0 Å². The first-order chi connectivity index (χ1) is 12.3. The summed E-state index contributed by atoms with van der Waals surface area (Å²) in [6.45, 7) is 0.533. The van der Waals surface area contributed by atoms with E-state index in [2.05, 4.69) is 5.32 Å². The van der Waals surface area contributed by atoms with E-state index in [4.69, 9.17) is 5.73 Å². The number of carbonyl (C=O) groups excluding carboxylic acids is 2. The van der Waals surface area contributed by atoms with Gasteiger partial charge in [-0.1, -0.05) is 24.6 Å². The van der Waals surface area contributed by atoms with E-state index in [-0.39, 0.29) is 34.7 Å². The number of rotatable bonds is 0. The Hall–Kier alpha value is -1.90. The fraction of sp³-hybridized carbons (Fsp3) is 0.444. The highest BCUT2D eigenvalue weighted by Gasteiger charge is 2.56. The van der Waals surface area contributed by atoms with Crippen LogP contribution in [0.4, 0.5) is 0 Å². The standard InChI is InChI=1S/C18H23N3O4S.ClH/c19-18-12-14(18)8-4-2-1-3-5-10-20-16(22)13-7-6-9-15(11-13)26(24,25)21-17(18)23;/h4,6-9,11,14H,1-3,5,10,12,19H2,(H,20,22)(H,21,23);1H/t14?,18-;/m1./s1. The molecule has 2 aliphatic rings. The Labute approximate surface area is 165 Å². The Morgan fingerprint density at radius 2 is 1.93 bits per heavy atom. The Balaban J connectivity index is 0.00000261. The van der Waals surface area contributed by atoms with Gasteiger partial charge in [0.25, 0.3) is 21.8 Å². The zero-order chi connectivity index (χ0) is 18.8. The minimum absolute atomic E-state index is 0. The molecular formula is C18H24ClN3O4S. The van der Waals surface area contributed by atoms with Crippen LogP contribution < -0.4 is 15.8 Å². The van der Waals surface area contributed by atoms with E-state index in [9.17, 15) is 18.0 Å². The van der Waals surface area contributed by atoms with Crippen LogP contribution in [0.25, 0.3) is 0 Å². The minimum Gasteiger partial charge on any atom is -0.352 e. The lowest BCUT2D eigenvalue weighted by molar-refractivity contribution is -0.121. The van der Waals surface area contributed by atoms with E-state index in [0.29, 0.717) is 13.0 Å². The normalized spacial score (nSPS) is 28.0. The lowest BCUT2D eigenvalue weighted by Gasteiger charge is -2.12. The molecule has 1 fully saturated rings. The van der Waals surface area contributed by atoms with Crippen LogP contribution in [-0.4, -0.2) is 32.3 Å². The van der Waals surface area contributed by atoms with Gasteiger partial charge in [0.2, 0.25) is 0 Å². The van der Waals surface area contributed by atoms with Gasteiger partial charge in [-0.15, -0.1) is 12.4 Å². The van der Waals surface area contributed by atoms with Crippen LogP contribution in [0, 0.1) is 5.92 Å². The van der Waals surface area contributed by atoms with Gasteiger partial charge in [-0.05, 0) is 43.9 Å². The number of nitrogens with two attached hydrogens (primary N) is 1. The molecule has 0 aromatic heterocycles. The van der Waals surface area contributed by atoms with E-state index < -0.39 is 21.5 Å². The first-order valence-electron chi connectivity index (χ1n) is 8.74. The highest BCUT2D eigenvalue weighted by molar-refractivity contribution is 7.90. The number of amides is 2. The molecule has 0 spiro atoms. The van der Waals surface area contributed by atoms with Crippen molar-refractivity contribution in [3.05, 3.63) is 42.0 Å².